The number of aliphatic imine (C=N–C) groups is 1. The number of aromatic nitrogens is 2. The summed E-state index contributed by atoms with van der Waals surface area (Å²) < 4.78 is 59.5. The third kappa shape index (κ3) is 4.43. The number of para-hydroxylation sites is 1. The molecule has 2 aromatic heterocycles. The number of benzene rings is 2. The number of hydrogen-bond donors (Lipinski definition) is 0. The minimum Gasteiger partial charge on any atom is -0.379 e. The van der Waals surface area contributed by atoms with Gasteiger partial charge in [0.2, 0.25) is 0 Å². The molecular formula is C27H26F3N6OPS. The number of aryl methyl sites for hydroxylation is 1. The summed E-state index contributed by atoms with van der Waals surface area (Å²) in [6, 6.07) is 19.1. The molecule has 1 atom stereocenters. The van der Waals surface area contributed by atoms with Crippen molar-refractivity contribution in [1.82, 2.24) is 19.1 Å². The highest BCUT2D eigenvalue weighted by Gasteiger charge is 2.46. The fourth-order valence-electron chi connectivity index (χ4n) is 5.08. The van der Waals surface area contributed by atoms with Gasteiger partial charge in [0.1, 0.15) is 0 Å². The Balaban J connectivity index is 1.73. The first-order valence-electron chi connectivity index (χ1n) is 12.4. The predicted octanol–water partition coefficient (Wildman–Crippen LogP) is 6.61. The van der Waals surface area contributed by atoms with Gasteiger partial charge >= 0.3 is 6.18 Å². The molecule has 4 aromatic rings. The van der Waals surface area contributed by atoms with E-state index < -0.39 is 19.1 Å². The molecule has 6 rings (SSSR count). The van der Waals surface area contributed by atoms with Crippen molar-refractivity contribution < 1.29 is 17.9 Å². The lowest BCUT2D eigenvalue weighted by molar-refractivity contribution is -0.137. The first-order valence-corrected chi connectivity index (χ1v) is 15.0. The van der Waals surface area contributed by atoms with Crippen LogP contribution in [-0.2, 0) is 10.9 Å². The van der Waals surface area contributed by atoms with Crippen LogP contribution in [0.1, 0.15) is 16.1 Å². The molecule has 4 heterocycles. The van der Waals surface area contributed by atoms with E-state index in [2.05, 4.69) is 4.67 Å². The molecule has 0 radical (unpaired) electrons. The summed E-state index contributed by atoms with van der Waals surface area (Å²) in [6.45, 7) is 3.83. The van der Waals surface area contributed by atoms with Crippen molar-refractivity contribution in [1.29, 1.82) is 0 Å². The third-order valence-corrected chi connectivity index (χ3v) is 11.5. The Morgan fingerprint density at radius 1 is 0.974 bits per heavy atom. The molecule has 0 spiro atoms. The molecule has 2 aliphatic heterocycles. The molecule has 0 saturated carbocycles. The maximum atomic E-state index is 14.2. The van der Waals surface area contributed by atoms with E-state index in [1.165, 1.54) is 23.5 Å². The molecule has 0 aliphatic carbocycles. The quantitative estimate of drug-likeness (QED) is 0.259. The van der Waals surface area contributed by atoms with Gasteiger partial charge in [0.25, 0.3) is 0 Å². The number of fused-ring (bicyclic) bond motifs is 1. The lowest BCUT2D eigenvalue weighted by Crippen LogP contribution is -2.45. The van der Waals surface area contributed by atoms with Gasteiger partial charge in [-0.2, -0.15) is 18.3 Å². The Kier molecular flexibility index (Phi) is 6.71. The summed E-state index contributed by atoms with van der Waals surface area (Å²) in [6.07, 6.45) is -4.56. The van der Waals surface area contributed by atoms with Gasteiger partial charge in [0.15, 0.2) is 19.0 Å². The lowest BCUT2D eigenvalue weighted by atomic mass is 10.2. The Bertz CT molecular complexity index is 1580. The minimum absolute atomic E-state index is 0.0954. The first-order chi connectivity index (χ1) is 18.8. The summed E-state index contributed by atoms with van der Waals surface area (Å²) in [5.41, 5.74) is 0.641. The Labute approximate surface area is 228 Å². The molecule has 39 heavy (non-hydrogen) atoms. The number of hydrogen-bond acceptors (Lipinski definition) is 5. The molecule has 2 aromatic carbocycles. The van der Waals surface area contributed by atoms with Crippen LogP contribution in [0.25, 0.3) is 5.69 Å². The topological polar surface area (TPSA) is 58.3 Å². The lowest BCUT2D eigenvalue weighted by Gasteiger charge is -2.46. The molecule has 0 N–H and O–H groups in total. The van der Waals surface area contributed by atoms with Crippen molar-refractivity contribution in [3.8, 4) is 5.69 Å². The first kappa shape index (κ1) is 26.0. The molecule has 12 heteroatoms. The van der Waals surface area contributed by atoms with E-state index in [0.29, 0.717) is 43.7 Å². The van der Waals surface area contributed by atoms with Crippen LogP contribution in [0.15, 0.2) is 81.8 Å². The van der Waals surface area contributed by atoms with Gasteiger partial charge in [-0.3, -0.25) is 0 Å². The van der Waals surface area contributed by atoms with E-state index in [0.717, 1.165) is 21.9 Å². The summed E-state index contributed by atoms with van der Waals surface area (Å²) in [5, 5.41) is 7.61. The molecule has 0 bridgehead atoms. The number of halogens is 3. The summed E-state index contributed by atoms with van der Waals surface area (Å²) >= 11 is 1.53. The molecule has 0 amide bonds. The van der Waals surface area contributed by atoms with Crippen LogP contribution >= 0.6 is 18.7 Å². The number of amidine groups is 1. The van der Waals surface area contributed by atoms with Crippen molar-refractivity contribution in [3.05, 3.63) is 88.2 Å². The zero-order valence-corrected chi connectivity index (χ0v) is 23.0. The van der Waals surface area contributed by atoms with Crippen molar-refractivity contribution in [2.75, 3.05) is 33.4 Å². The molecule has 202 valence electrons. The SMILES string of the molecule is Cc1nn(-c2ccccc2)c2c1P(=Nc1ccccc1C(F)(F)F)(N1CCOCC1)N(C)C(c1cccs1)=N2. The molecule has 1 unspecified atom stereocenters. The Hall–Kier alpha value is -3.24. The number of thiophene rings is 1. The fraction of sp³-hybridized carbons (Fsp3) is 0.259. The molecule has 1 fully saturated rings. The van der Waals surface area contributed by atoms with Crippen LogP contribution in [0.2, 0.25) is 0 Å². The average Bonchev–Trinajstić information content (AvgIpc) is 3.59. The van der Waals surface area contributed by atoms with Crippen molar-refractivity contribution in [2.45, 2.75) is 13.1 Å². The highest BCUT2D eigenvalue weighted by atomic mass is 32.1. The molecule has 1 saturated heterocycles. The van der Waals surface area contributed by atoms with Crippen LogP contribution in [0, 0.1) is 6.92 Å². The van der Waals surface area contributed by atoms with Gasteiger partial charge in [-0.25, -0.2) is 19.1 Å². The van der Waals surface area contributed by atoms with Crippen LogP contribution in [0.5, 0.6) is 0 Å². The van der Waals surface area contributed by atoms with Crippen molar-refractivity contribution in [3.63, 3.8) is 0 Å². The fourth-order valence-corrected chi connectivity index (χ4v) is 9.72. The third-order valence-electron chi connectivity index (χ3n) is 6.82. The van der Waals surface area contributed by atoms with Gasteiger partial charge in [-0.15, -0.1) is 11.3 Å². The van der Waals surface area contributed by atoms with Crippen LogP contribution in [-0.4, -0.2) is 58.3 Å². The second-order valence-electron chi connectivity index (χ2n) is 9.19. The molecular weight excluding hydrogens is 544 g/mol. The van der Waals surface area contributed by atoms with E-state index >= 15 is 0 Å². The average molecular weight is 571 g/mol. The van der Waals surface area contributed by atoms with Crippen molar-refractivity contribution in [2.24, 2.45) is 9.74 Å². The summed E-state index contributed by atoms with van der Waals surface area (Å²) in [4.78, 5) is 6.01. The zero-order valence-electron chi connectivity index (χ0n) is 21.3. The van der Waals surface area contributed by atoms with Crippen LogP contribution in [0.4, 0.5) is 24.7 Å². The monoisotopic (exact) mass is 570 g/mol. The number of alkyl halides is 3. The van der Waals surface area contributed by atoms with Crippen LogP contribution in [0.3, 0.4) is 0 Å². The van der Waals surface area contributed by atoms with Gasteiger partial charge < -0.3 is 9.41 Å². The predicted molar refractivity (Wildman–Crippen MR) is 149 cm³/mol. The van der Waals surface area contributed by atoms with Crippen LogP contribution < -0.4 is 5.30 Å². The van der Waals surface area contributed by atoms with E-state index in [1.807, 2.05) is 66.5 Å². The van der Waals surface area contributed by atoms with E-state index in [-0.39, 0.29) is 5.69 Å². The maximum absolute atomic E-state index is 14.2. The standard InChI is InChI=1S/C27H26F3N6OPS/c1-19-24-26(36(32-19)20-9-4-3-5-10-20)31-25(23-13-8-18-39-23)34(2)38(24,35-14-16-37-17-15-35)33-22-12-7-6-11-21(22)27(28,29)30/h3-13,18H,14-17H2,1-2H3. The Morgan fingerprint density at radius 2 is 1.69 bits per heavy atom. The van der Waals surface area contributed by atoms with Gasteiger partial charge in [-0.05, 0) is 42.6 Å². The number of nitrogens with zero attached hydrogens (tertiary/aromatic N) is 6. The molecule has 7 nitrogen and oxygen atoms in total. The van der Waals surface area contributed by atoms with Gasteiger partial charge in [0.05, 0.1) is 46.0 Å². The van der Waals surface area contributed by atoms with Crippen molar-refractivity contribution >= 4 is 41.3 Å². The zero-order chi connectivity index (χ0) is 27.2. The second kappa shape index (κ2) is 10.1. The smallest absolute Gasteiger partial charge is 0.379 e. The number of rotatable bonds is 4. The van der Waals surface area contributed by atoms with E-state index in [1.54, 1.807) is 10.7 Å². The number of morpholine rings is 1. The maximum Gasteiger partial charge on any atom is 0.418 e. The summed E-state index contributed by atoms with van der Waals surface area (Å²) in [7, 11) is -1.20. The van der Waals surface area contributed by atoms with E-state index in [9.17, 15) is 13.2 Å². The van der Waals surface area contributed by atoms with Gasteiger partial charge in [-0.1, -0.05) is 36.4 Å². The van der Waals surface area contributed by atoms with E-state index in [4.69, 9.17) is 19.6 Å². The second-order valence-corrected chi connectivity index (χ2v) is 13.1. The Morgan fingerprint density at radius 3 is 2.38 bits per heavy atom. The van der Waals surface area contributed by atoms with Gasteiger partial charge in [0, 0.05) is 20.1 Å². The number of ether oxygens (including phenoxy) is 1. The summed E-state index contributed by atoms with van der Waals surface area (Å²) in [5.74, 6) is 1.25. The highest BCUT2D eigenvalue weighted by molar-refractivity contribution is 7.70. The normalized spacial score (nSPS) is 20.0. The largest absolute Gasteiger partial charge is 0.418 e. The minimum atomic E-state index is -4.56. The molecule has 2 aliphatic rings. The highest BCUT2D eigenvalue weighted by Crippen LogP contribution is 2.62.